The third-order valence-electron chi connectivity index (χ3n) is 3.61. The summed E-state index contributed by atoms with van der Waals surface area (Å²) in [6.07, 6.45) is 0. The summed E-state index contributed by atoms with van der Waals surface area (Å²) < 4.78 is 11.8. The summed E-state index contributed by atoms with van der Waals surface area (Å²) in [4.78, 5) is 0. The molecule has 0 bridgehead atoms. The van der Waals surface area contributed by atoms with Crippen molar-refractivity contribution in [1.29, 1.82) is 0 Å². The topological polar surface area (TPSA) is 44.2 Å². The first-order valence-corrected chi connectivity index (χ1v) is 9.17. The summed E-state index contributed by atoms with van der Waals surface area (Å²) in [6, 6.07) is 18.1. The molecule has 0 saturated heterocycles. The SMILES string of the molecule is Brc1ccc(CSc2ccc(-c3ccc4c(c3)OCO4)nn2)cc1. The lowest BCUT2D eigenvalue weighted by atomic mass is 10.1. The molecule has 0 atom stereocenters. The summed E-state index contributed by atoms with van der Waals surface area (Å²) in [6.45, 7) is 0.274. The maximum absolute atomic E-state index is 5.40. The minimum atomic E-state index is 0.274. The van der Waals surface area contributed by atoms with Gasteiger partial charge in [0, 0.05) is 15.8 Å². The Balaban J connectivity index is 1.45. The highest BCUT2D eigenvalue weighted by molar-refractivity contribution is 9.10. The number of rotatable bonds is 4. The maximum Gasteiger partial charge on any atom is 0.231 e. The van der Waals surface area contributed by atoms with Gasteiger partial charge in [0.25, 0.3) is 0 Å². The van der Waals surface area contributed by atoms with Crippen molar-refractivity contribution in [2.24, 2.45) is 0 Å². The molecule has 4 nitrogen and oxygen atoms in total. The van der Waals surface area contributed by atoms with Gasteiger partial charge in [-0.3, -0.25) is 0 Å². The predicted octanol–water partition coefficient (Wildman–Crippen LogP) is 4.93. The maximum atomic E-state index is 5.40. The summed E-state index contributed by atoms with van der Waals surface area (Å²) in [5.74, 6) is 2.39. The van der Waals surface area contributed by atoms with Gasteiger partial charge in [0.05, 0.1) is 5.69 Å². The van der Waals surface area contributed by atoms with Crippen molar-refractivity contribution in [2.45, 2.75) is 10.8 Å². The lowest BCUT2D eigenvalue weighted by Gasteiger charge is -2.04. The van der Waals surface area contributed by atoms with Crippen molar-refractivity contribution in [2.75, 3.05) is 6.79 Å². The van der Waals surface area contributed by atoms with E-state index in [0.29, 0.717) is 0 Å². The first-order valence-electron chi connectivity index (χ1n) is 7.39. The molecule has 4 rings (SSSR count). The normalized spacial score (nSPS) is 12.4. The Morgan fingerprint density at radius 2 is 1.75 bits per heavy atom. The molecule has 0 aliphatic carbocycles. The van der Waals surface area contributed by atoms with Gasteiger partial charge >= 0.3 is 0 Å². The number of ether oxygens (including phenoxy) is 2. The van der Waals surface area contributed by atoms with E-state index in [0.717, 1.165) is 38.0 Å². The molecule has 0 spiro atoms. The highest BCUT2D eigenvalue weighted by Gasteiger charge is 2.14. The third-order valence-corrected chi connectivity index (χ3v) is 5.13. The van der Waals surface area contributed by atoms with Crippen molar-refractivity contribution in [3.63, 3.8) is 0 Å². The minimum Gasteiger partial charge on any atom is -0.454 e. The number of halogens is 1. The Hall–Kier alpha value is -2.05. The van der Waals surface area contributed by atoms with Crippen molar-refractivity contribution < 1.29 is 9.47 Å². The molecule has 1 aliphatic heterocycles. The molecule has 0 fully saturated rings. The number of thioether (sulfide) groups is 1. The molecule has 120 valence electrons. The first-order chi connectivity index (χ1) is 11.8. The van der Waals surface area contributed by atoms with Gasteiger partial charge in [-0.05, 0) is 48.0 Å². The van der Waals surface area contributed by atoms with Crippen LogP contribution in [0.1, 0.15) is 5.56 Å². The van der Waals surface area contributed by atoms with Gasteiger partial charge in [-0.25, -0.2) is 0 Å². The fourth-order valence-electron chi connectivity index (χ4n) is 2.34. The molecule has 0 saturated carbocycles. The first kappa shape index (κ1) is 15.5. The quantitative estimate of drug-likeness (QED) is 0.581. The number of aromatic nitrogens is 2. The van der Waals surface area contributed by atoms with Crippen LogP contribution in [0.4, 0.5) is 0 Å². The number of hydrogen-bond donors (Lipinski definition) is 0. The Labute approximate surface area is 152 Å². The van der Waals surface area contributed by atoms with E-state index in [1.807, 2.05) is 42.5 Å². The van der Waals surface area contributed by atoms with Crippen LogP contribution < -0.4 is 9.47 Å². The molecule has 6 heteroatoms. The Morgan fingerprint density at radius 1 is 0.917 bits per heavy atom. The van der Waals surface area contributed by atoms with Crippen LogP contribution in [0.2, 0.25) is 0 Å². The number of benzene rings is 2. The van der Waals surface area contributed by atoms with E-state index in [4.69, 9.17) is 9.47 Å². The fraction of sp³-hybridized carbons (Fsp3) is 0.111. The van der Waals surface area contributed by atoms with Gasteiger partial charge in [-0.2, -0.15) is 0 Å². The number of hydrogen-bond acceptors (Lipinski definition) is 5. The Kier molecular flexibility index (Phi) is 4.40. The van der Waals surface area contributed by atoms with E-state index in [1.54, 1.807) is 11.8 Å². The molecule has 0 unspecified atom stereocenters. The van der Waals surface area contributed by atoms with Crippen LogP contribution in [-0.2, 0) is 5.75 Å². The van der Waals surface area contributed by atoms with Crippen LogP contribution in [0.15, 0.2) is 64.1 Å². The van der Waals surface area contributed by atoms with Crippen LogP contribution in [0.3, 0.4) is 0 Å². The van der Waals surface area contributed by atoms with Crippen LogP contribution in [0, 0.1) is 0 Å². The Morgan fingerprint density at radius 3 is 2.54 bits per heavy atom. The van der Waals surface area contributed by atoms with Gasteiger partial charge in [0.15, 0.2) is 11.5 Å². The van der Waals surface area contributed by atoms with E-state index in [-0.39, 0.29) is 6.79 Å². The largest absolute Gasteiger partial charge is 0.454 e. The average molecular weight is 401 g/mol. The van der Waals surface area contributed by atoms with Gasteiger partial charge < -0.3 is 9.47 Å². The third kappa shape index (κ3) is 3.39. The van der Waals surface area contributed by atoms with Crippen molar-refractivity contribution in [1.82, 2.24) is 10.2 Å². The molecular weight excluding hydrogens is 388 g/mol. The zero-order chi connectivity index (χ0) is 16.4. The lowest BCUT2D eigenvalue weighted by Crippen LogP contribution is -1.93. The molecule has 0 amide bonds. The highest BCUT2D eigenvalue weighted by Crippen LogP contribution is 2.35. The van der Waals surface area contributed by atoms with E-state index < -0.39 is 0 Å². The average Bonchev–Trinajstić information content (AvgIpc) is 3.09. The van der Waals surface area contributed by atoms with Crippen LogP contribution in [0.5, 0.6) is 11.5 Å². The number of fused-ring (bicyclic) bond motifs is 1. The lowest BCUT2D eigenvalue weighted by molar-refractivity contribution is 0.174. The zero-order valence-electron chi connectivity index (χ0n) is 12.6. The summed E-state index contributed by atoms with van der Waals surface area (Å²) in [5.41, 5.74) is 3.04. The van der Waals surface area contributed by atoms with Gasteiger partial charge in [0.2, 0.25) is 6.79 Å². The standard InChI is InChI=1S/C18H13BrN2O2S/c19-14-4-1-12(2-5-14)10-24-18-8-6-15(20-21-18)13-3-7-16-17(9-13)23-11-22-16/h1-9H,10-11H2. The summed E-state index contributed by atoms with van der Waals surface area (Å²) in [5, 5.41) is 9.54. The van der Waals surface area contributed by atoms with Crippen molar-refractivity contribution in [3.05, 3.63) is 64.6 Å². The number of nitrogens with zero attached hydrogens (tertiary/aromatic N) is 2. The summed E-state index contributed by atoms with van der Waals surface area (Å²) in [7, 11) is 0. The van der Waals surface area contributed by atoms with Gasteiger partial charge in [0.1, 0.15) is 5.03 Å². The van der Waals surface area contributed by atoms with Crippen molar-refractivity contribution in [3.8, 4) is 22.8 Å². The molecule has 1 aromatic heterocycles. The van der Waals surface area contributed by atoms with Crippen LogP contribution in [-0.4, -0.2) is 17.0 Å². The molecule has 1 aliphatic rings. The molecule has 2 heterocycles. The predicted molar refractivity (Wildman–Crippen MR) is 97.3 cm³/mol. The van der Waals surface area contributed by atoms with Gasteiger partial charge in [-0.1, -0.05) is 39.8 Å². The molecule has 0 N–H and O–H groups in total. The van der Waals surface area contributed by atoms with E-state index in [1.165, 1.54) is 5.56 Å². The second kappa shape index (κ2) is 6.83. The van der Waals surface area contributed by atoms with Crippen molar-refractivity contribution >= 4 is 27.7 Å². The second-order valence-corrected chi connectivity index (χ2v) is 7.15. The monoisotopic (exact) mass is 400 g/mol. The van der Waals surface area contributed by atoms with E-state index in [2.05, 4.69) is 38.3 Å². The Bertz CT molecular complexity index is 854. The molecule has 24 heavy (non-hydrogen) atoms. The van der Waals surface area contributed by atoms with Gasteiger partial charge in [-0.15, -0.1) is 10.2 Å². The van der Waals surface area contributed by atoms with Crippen LogP contribution in [0.25, 0.3) is 11.3 Å². The van der Waals surface area contributed by atoms with E-state index in [9.17, 15) is 0 Å². The fourth-order valence-corrected chi connectivity index (χ4v) is 3.38. The second-order valence-electron chi connectivity index (χ2n) is 5.24. The summed E-state index contributed by atoms with van der Waals surface area (Å²) >= 11 is 5.11. The molecular formula is C18H13BrN2O2S. The zero-order valence-corrected chi connectivity index (χ0v) is 15.0. The highest BCUT2D eigenvalue weighted by atomic mass is 79.9. The van der Waals surface area contributed by atoms with Crippen LogP contribution >= 0.6 is 27.7 Å². The minimum absolute atomic E-state index is 0.274. The van der Waals surface area contributed by atoms with E-state index >= 15 is 0 Å². The molecule has 2 aromatic carbocycles. The molecule has 0 radical (unpaired) electrons. The molecule has 3 aromatic rings. The smallest absolute Gasteiger partial charge is 0.231 e.